The molecule has 96 valence electrons. The van der Waals surface area contributed by atoms with Gasteiger partial charge in [-0.15, -0.1) is 11.3 Å². The van der Waals surface area contributed by atoms with Gasteiger partial charge in [0.2, 0.25) is 0 Å². The summed E-state index contributed by atoms with van der Waals surface area (Å²) in [7, 11) is 0. The molecule has 1 N–H and O–H groups in total. The van der Waals surface area contributed by atoms with Gasteiger partial charge in [0.05, 0.1) is 5.69 Å². The zero-order valence-corrected chi connectivity index (χ0v) is 11.7. The summed E-state index contributed by atoms with van der Waals surface area (Å²) < 4.78 is 13.9. The fourth-order valence-electron chi connectivity index (χ4n) is 1.74. The quantitative estimate of drug-likeness (QED) is 0.911. The van der Waals surface area contributed by atoms with Crippen molar-refractivity contribution in [3.8, 4) is 10.6 Å². The Kier molecular flexibility index (Phi) is 4.09. The highest BCUT2D eigenvalue weighted by atomic mass is 32.1. The molecular weight excluding hydrogens is 247 g/mol. The van der Waals surface area contributed by atoms with Crippen molar-refractivity contribution in [1.82, 2.24) is 10.3 Å². The van der Waals surface area contributed by atoms with E-state index in [9.17, 15) is 4.39 Å². The van der Waals surface area contributed by atoms with Gasteiger partial charge in [0, 0.05) is 17.0 Å². The van der Waals surface area contributed by atoms with Crippen LogP contribution >= 0.6 is 11.3 Å². The van der Waals surface area contributed by atoms with Crippen molar-refractivity contribution < 1.29 is 4.39 Å². The first kappa shape index (κ1) is 13.2. The lowest BCUT2D eigenvalue weighted by Gasteiger charge is -2.00. The van der Waals surface area contributed by atoms with Gasteiger partial charge in [0.15, 0.2) is 0 Å². The predicted molar refractivity (Wildman–Crippen MR) is 74.4 cm³/mol. The number of rotatable bonds is 4. The van der Waals surface area contributed by atoms with Crippen LogP contribution in [0.5, 0.6) is 0 Å². The van der Waals surface area contributed by atoms with Gasteiger partial charge >= 0.3 is 0 Å². The summed E-state index contributed by atoms with van der Waals surface area (Å²) >= 11 is 1.56. The zero-order chi connectivity index (χ0) is 13.1. The fourth-order valence-corrected chi connectivity index (χ4v) is 2.80. The maximum Gasteiger partial charge on any atom is 0.133 e. The van der Waals surface area contributed by atoms with Gasteiger partial charge < -0.3 is 5.32 Å². The van der Waals surface area contributed by atoms with Gasteiger partial charge in [0.1, 0.15) is 10.8 Å². The highest BCUT2D eigenvalue weighted by Gasteiger charge is 2.12. The molecule has 0 radical (unpaired) electrons. The van der Waals surface area contributed by atoms with Crippen LogP contribution in [-0.2, 0) is 6.54 Å². The minimum Gasteiger partial charge on any atom is -0.312 e. The summed E-state index contributed by atoms with van der Waals surface area (Å²) in [5.74, 6) is -0.196. The topological polar surface area (TPSA) is 24.9 Å². The second-order valence-electron chi connectivity index (χ2n) is 4.29. The third-order valence-corrected chi connectivity index (χ3v) is 3.97. The molecule has 0 atom stereocenters. The molecule has 0 aliphatic rings. The van der Waals surface area contributed by atoms with E-state index < -0.39 is 0 Å². The lowest BCUT2D eigenvalue weighted by atomic mass is 10.1. The van der Waals surface area contributed by atoms with Crippen LogP contribution in [0.1, 0.15) is 23.1 Å². The molecule has 0 fully saturated rings. The molecule has 0 amide bonds. The van der Waals surface area contributed by atoms with E-state index in [1.54, 1.807) is 23.5 Å². The van der Waals surface area contributed by atoms with Gasteiger partial charge in [-0.1, -0.05) is 13.0 Å². The SMILES string of the molecule is CCNCc1sc(-c2ccc(C)cc2F)nc1C. The summed E-state index contributed by atoms with van der Waals surface area (Å²) in [6, 6.07) is 5.27. The van der Waals surface area contributed by atoms with E-state index in [4.69, 9.17) is 0 Å². The van der Waals surface area contributed by atoms with Crippen molar-refractivity contribution in [2.75, 3.05) is 6.54 Å². The van der Waals surface area contributed by atoms with E-state index >= 15 is 0 Å². The Balaban J connectivity index is 2.33. The average molecular weight is 264 g/mol. The minimum absolute atomic E-state index is 0.196. The van der Waals surface area contributed by atoms with E-state index in [-0.39, 0.29) is 5.82 Å². The van der Waals surface area contributed by atoms with Gasteiger partial charge in [-0.25, -0.2) is 9.37 Å². The first-order chi connectivity index (χ1) is 8.61. The summed E-state index contributed by atoms with van der Waals surface area (Å²) in [5.41, 5.74) is 2.50. The summed E-state index contributed by atoms with van der Waals surface area (Å²) in [6.07, 6.45) is 0. The van der Waals surface area contributed by atoms with Crippen LogP contribution < -0.4 is 5.32 Å². The van der Waals surface area contributed by atoms with Crippen LogP contribution in [0, 0.1) is 19.7 Å². The number of aromatic nitrogens is 1. The fraction of sp³-hybridized carbons (Fsp3) is 0.357. The van der Waals surface area contributed by atoms with Crippen molar-refractivity contribution in [2.45, 2.75) is 27.3 Å². The molecular formula is C14H17FN2S. The monoisotopic (exact) mass is 264 g/mol. The molecule has 2 rings (SSSR count). The van der Waals surface area contributed by atoms with Crippen LogP contribution in [0.2, 0.25) is 0 Å². The van der Waals surface area contributed by atoms with Crippen LogP contribution in [0.15, 0.2) is 18.2 Å². The molecule has 2 nitrogen and oxygen atoms in total. The number of thiazole rings is 1. The van der Waals surface area contributed by atoms with Crippen molar-refractivity contribution >= 4 is 11.3 Å². The molecule has 1 aromatic heterocycles. The number of halogens is 1. The molecule has 0 aliphatic heterocycles. The minimum atomic E-state index is -0.196. The third kappa shape index (κ3) is 2.76. The maximum absolute atomic E-state index is 13.9. The Morgan fingerprint density at radius 2 is 2.11 bits per heavy atom. The molecule has 0 aliphatic carbocycles. The standard InChI is InChI=1S/C14H17FN2S/c1-4-16-8-13-10(3)17-14(18-13)11-6-5-9(2)7-12(11)15/h5-7,16H,4,8H2,1-3H3. The normalized spacial score (nSPS) is 10.9. The van der Waals surface area contributed by atoms with Gasteiger partial charge in [0.25, 0.3) is 0 Å². The Bertz CT molecular complexity index is 549. The lowest BCUT2D eigenvalue weighted by molar-refractivity contribution is 0.630. The third-order valence-electron chi connectivity index (χ3n) is 2.78. The van der Waals surface area contributed by atoms with Gasteiger partial charge in [-0.2, -0.15) is 0 Å². The van der Waals surface area contributed by atoms with Gasteiger partial charge in [-0.3, -0.25) is 0 Å². The van der Waals surface area contributed by atoms with E-state index in [0.717, 1.165) is 29.4 Å². The largest absolute Gasteiger partial charge is 0.312 e. The number of hydrogen-bond acceptors (Lipinski definition) is 3. The molecule has 1 aromatic carbocycles. The second-order valence-corrected chi connectivity index (χ2v) is 5.37. The number of nitrogens with one attached hydrogen (secondary N) is 1. The summed E-state index contributed by atoms with van der Waals surface area (Å²) in [4.78, 5) is 5.64. The first-order valence-corrected chi connectivity index (χ1v) is 6.87. The van der Waals surface area contributed by atoms with E-state index in [1.807, 2.05) is 19.9 Å². The number of hydrogen-bond donors (Lipinski definition) is 1. The highest BCUT2D eigenvalue weighted by molar-refractivity contribution is 7.15. The Morgan fingerprint density at radius 1 is 1.33 bits per heavy atom. The first-order valence-electron chi connectivity index (χ1n) is 6.05. The molecule has 0 saturated heterocycles. The predicted octanol–water partition coefficient (Wildman–Crippen LogP) is 3.68. The van der Waals surface area contributed by atoms with Crippen molar-refractivity contribution in [3.05, 3.63) is 40.2 Å². The highest BCUT2D eigenvalue weighted by Crippen LogP contribution is 2.30. The van der Waals surface area contributed by atoms with Crippen LogP contribution in [0.3, 0.4) is 0 Å². The number of nitrogens with zero attached hydrogens (tertiary/aromatic N) is 1. The molecule has 0 spiro atoms. The zero-order valence-electron chi connectivity index (χ0n) is 10.9. The smallest absolute Gasteiger partial charge is 0.133 e. The van der Waals surface area contributed by atoms with E-state index in [2.05, 4.69) is 17.2 Å². The van der Waals surface area contributed by atoms with E-state index in [0.29, 0.717) is 5.56 Å². The van der Waals surface area contributed by atoms with E-state index in [1.165, 1.54) is 4.88 Å². The molecule has 0 saturated carbocycles. The average Bonchev–Trinajstić information content (AvgIpc) is 2.68. The number of benzene rings is 1. The van der Waals surface area contributed by atoms with Crippen molar-refractivity contribution in [3.63, 3.8) is 0 Å². The molecule has 0 unspecified atom stereocenters. The Labute approximate surface area is 111 Å². The van der Waals surface area contributed by atoms with Crippen molar-refractivity contribution in [1.29, 1.82) is 0 Å². The lowest BCUT2D eigenvalue weighted by Crippen LogP contribution is -2.11. The van der Waals surface area contributed by atoms with Crippen molar-refractivity contribution in [2.24, 2.45) is 0 Å². The van der Waals surface area contributed by atoms with Gasteiger partial charge in [-0.05, 0) is 38.1 Å². The summed E-state index contributed by atoms with van der Waals surface area (Å²) in [5, 5.41) is 4.03. The molecule has 18 heavy (non-hydrogen) atoms. The molecule has 0 bridgehead atoms. The van der Waals surface area contributed by atoms with Crippen LogP contribution in [-0.4, -0.2) is 11.5 Å². The number of aryl methyl sites for hydroxylation is 2. The maximum atomic E-state index is 13.9. The van der Waals surface area contributed by atoms with Crippen LogP contribution in [0.25, 0.3) is 10.6 Å². The molecule has 1 heterocycles. The Morgan fingerprint density at radius 3 is 2.78 bits per heavy atom. The second kappa shape index (κ2) is 5.59. The molecule has 4 heteroatoms. The Hall–Kier alpha value is -1.26. The van der Waals surface area contributed by atoms with Crippen LogP contribution in [0.4, 0.5) is 4.39 Å². The summed E-state index contributed by atoms with van der Waals surface area (Å²) in [6.45, 7) is 7.64. The molecule has 2 aromatic rings.